The van der Waals surface area contributed by atoms with E-state index in [0.717, 1.165) is 18.5 Å². The van der Waals surface area contributed by atoms with Crippen molar-refractivity contribution in [2.75, 3.05) is 5.32 Å². The zero-order valence-electron chi connectivity index (χ0n) is 12.6. The third kappa shape index (κ3) is 1.71. The van der Waals surface area contributed by atoms with Crippen LogP contribution < -0.4 is 10.6 Å². The van der Waals surface area contributed by atoms with Crippen molar-refractivity contribution in [1.29, 1.82) is 0 Å². The monoisotopic (exact) mass is 300 g/mol. The Balaban J connectivity index is 1.73. The van der Waals surface area contributed by atoms with E-state index in [1.165, 1.54) is 0 Å². The van der Waals surface area contributed by atoms with Crippen LogP contribution in [0.5, 0.6) is 0 Å². The first kappa shape index (κ1) is 13.6. The summed E-state index contributed by atoms with van der Waals surface area (Å²) in [6.07, 6.45) is 3.16. The molecule has 5 heteroatoms. The number of fused-ring (bicyclic) bond motifs is 3. The summed E-state index contributed by atoms with van der Waals surface area (Å²) >= 11 is 0. The molecule has 1 aromatic carbocycles. The maximum Gasteiger partial charge on any atom is 0.307 e. The van der Waals surface area contributed by atoms with Crippen LogP contribution in [0.1, 0.15) is 43.0 Å². The van der Waals surface area contributed by atoms with Gasteiger partial charge in [0.25, 0.3) is 5.91 Å². The van der Waals surface area contributed by atoms with Crippen LogP contribution in [0.3, 0.4) is 0 Å². The van der Waals surface area contributed by atoms with Gasteiger partial charge in [-0.2, -0.15) is 0 Å². The summed E-state index contributed by atoms with van der Waals surface area (Å²) in [5.41, 5.74) is 0.751. The van der Waals surface area contributed by atoms with Gasteiger partial charge in [-0.15, -0.1) is 0 Å². The minimum absolute atomic E-state index is 0.0580. The van der Waals surface area contributed by atoms with Gasteiger partial charge < -0.3 is 15.7 Å². The summed E-state index contributed by atoms with van der Waals surface area (Å²) in [6.45, 7) is 2.05. The molecule has 3 fully saturated rings. The lowest BCUT2D eigenvalue weighted by molar-refractivity contribution is -0.156. The van der Waals surface area contributed by atoms with E-state index in [0.29, 0.717) is 18.4 Å². The highest BCUT2D eigenvalue weighted by Crippen LogP contribution is 2.58. The molecular weight excluding hydrogens is 280 g/mol. The van der Waals surface area contributed by atoms with Gasteiger partial charge in [-0.25, -0.2) is 0 Å². The van der Waals surface area contributed by atoms with Crippen LogP contribution in [-0.4, -0.2) is 22.6 Å². The number of nitrogens with one attached hydrogen (secondary N) is 2. The number of para-hydroxylation sites is 1. The Hall–Kier alpha value is -2.04. The molecule has 0 unspecified atom stereocenters. The first-order chi connectivity index (χ1) is 10.4. The molecule has 1 aliphatic heterocycles. The van der Waals surface area contributed by atoms with Crippen LogP contribution in [0.2, 0.25) is 0 Å². The van der Waals surface area contributed by atoms with Crippen LogP contribution >= 0.6 is 0 Å². The van der Waals surface area contributed by atoms with Crippen molar-refractivity contribution in [3.05, 3.63) is 29.8 Å². The summed E-state index contributed by atoms with van der Waals surface area (Å²) in [7, 11) is 0. The van der Waals surface area contributed by atoms with E-state index >= 15 is 0 Å². The van der Waals surface area contributed by atoms with E-state index in [-0.39, 0.29) is 23.2 Å². The highest BCUT2D eigenvalue weighted by molar-refractivity contribution is 6.02. The molecule has 2 bridgehead atoms. The summed E-state index contributed by atoms with van der Waals surface area (Å²) < 4.78 is 0. The number of hydrogen-bond donors (Lipinski definition) is 3. The van der Waals surface area contributed by atoms with E-state index in [1.807, 2.05) is 24.3 Å². The number of aliphatic carboxylic acids is 1. The van der Waals surface area contributed by atoms with Crippen LogP contribution in [-0.2, 0) is 4.79 Å². The molecule has 5 nitrogen and oxygen atoms in total. The highest BCUT2D eigenvalue weighted by atomic mass is 16.4. The summed E-state index contributed by atoms with van der Waals surface area (Å²) in [6, 6.07) is 7.51. The quantitative estimate of drug-likeness (QED) is 0.744. The number of anilines is 1. The van der Waals surface area contributed by atoms with Gasteiger partial charge in [0.15, 0.2) is 0 Å². The molecule has 3 N–H and O–H groups in total. The number of carboxylic acids is 1. The molecule has 1 amide bonds. The van der Waals surface area contributed by atoms with Gasteiger partial charge in [0, 0.05) is 11.6 Å². The fraction of sp³-hybridized carbons (Fsp3) is 0.529. The normalized spacial score (nSPS) is 39.0. The minimum Gasteiger partial charge on any atom is -0.481 e. The minimum atomic E-state index is -0.704. The van der Waals surface area contributed by atoms with Crippen molar-refractivity contribution < 1.29 is 14.7 Å². The fourth-order valence-electron chi connectivity index (χ4n) is 4.83. The zero-order valence-corrected chi connectivity index (χ0v) is 12.6. The largest absolute Gasteiger partial charge is 0.481 e. The molecule has 0 aromatic heterocycles. The Kier molecular flexibility index (Phi) is 2.63. The van der Waals surface area contributed by atoms with E-state index in [2.05, 4.69) is 17.6 Å². The second kappa shape index (κ2) is 4.24. The molecule has 1 heterocycles. The molecule has 0 saturated heterocycles. The number of carbonyl (C=O) groups excluding carboxylic acids is 1. The molecule has 4 atom stereocenters. The number of carboxylic acid groups (broad SMARTS) is 1. The average molecular weight is 300 g/mol. The summed E-state index contributed by atoms with van der Waals surface area (Å²) in [4.78, 5) is 24.1. The molecule has 3 aliphatic carbocycles. The lowest BCUT2D eigenvalue weighted by Crippen LogP contribution is -2.69. The number of amides is 1. The smallest absolute Gasteiger partial charge is 0.307 e. The molecule has 1 spiro atoms. The predicted molar refractivity (Wildman–Crippen MR) is 81.5 cm³/mol. The van der Waals surface area contributed by atoms with E-state index in [4.69, 9.17) is 0 Å². The van der Waals surface area contributed by atoms with Crippen LogP contribution in [0.25, 0.3) is 0 Å². The maximum atomic E-state index is 12.5. The first-order valence-corrected chi connectivity index (χ1v) is 7.86. The van der Waals surface area contributed by atoms with Gasteiger partial charge in [0.05, 0.1) is 11.5 Å². The van der Waals surface area contributed by atoms with Gasteiger partial charge in [-0.1, -0.05) is 19.1 Å². The van der Waals surface area contributed by atoms with Crippen molar-refractivity contribution in [3.63, 3.8) is 0 Å². The third-order valence-electron chi connectivity index (χ3n) is 5.97. The van der Waals surface area contributed by atoms with Crippen LogP contribution in [0.15, 0.2) is 24.3 Å². The summed E-state index contributed by atoms with van der Waals surface area (Å²) in [5, 5.41) is 16.2. The molecule has 0 radical (unpaired) electrons. The van der Waals surface area contributed by atoms with Crippen LogP contribution in [0.4, 0.5) is 5.69 Å². The van der Waals surface area contributed by atoms with E-state index < -0.39 is 11.6 Å². The molecule has 3 saturated carbocycles. The predicted octanol–water partition coefficient (Wildman–Crippen LogP) is 2.45. The Morgan fingerprint density at radius 1 is 1.32 bits per heavy atom. The van der Waals surface area contributed by atoms with Crippen molar-refractivity contribution >= 4 is 17.6 Å². The third-order valence-corrected chi connectivity index (χ3v) is 5.97. The Morgan fingerprint density at radius 3 is 2.82 bits per heavy atom. The Bertz CT molecular complexity index is 674. The molecule has 4 aliphatic rings. The van der Waals surface area contributed by atoms with Gasteiger partial charge in [-0.05, 0) is 43.2 Å². The number of benzene rings is 1. The lowest BCUT2D eigenvalue weighted by Gasteiger charge is -2.60. The summed E-state index contributed by atoms with van der Waals surface area (Å²) in [5.74, 6) is -0.914. The van der Waals surface area contributed by atoms with Crippen molar-refractivity contribution in [2.24, 2.45) is 17.3 Å². The SMILES string of the molecule is C[C@]12CC[C@H](C[C@@H]1C(=O)O)[C@]1(C2)NC(=O)c2ccccc2N1. The van der Waals surface area contributed by atoms with Crippen LogP contribution in [0, 0.1) is 17.3 Å². The highest BCUT2D eigenvalue weighted by Gasteiger charge is 2.60. The van der Waals surface area contributed by atoms with Gasteiger partial charge in [-0.3, -0.25) is 9.59 Å². The van der Waals surface area contributed by atoms with Crippen molar-refractivity contribution in [3.8, 4) is 0 Å². The van der Waals surface area contributed by atoms with Gasteiger partial charge in [0.2, 0.25) is 0 Å². The fourth-order valence-corrected chi connectivity index (χ4v) is 4.83. The second-order valence-corrected chi connectivity index (χ2v) is 7.29. The lowest BCUT2D eigenvalue weighted by atomic mass is 9.51. The van der Waals surface area contributed by atoms with Crippen molar-refractivity contribution in [2.45, 2.75) is 38.3 Å². The molecule has 22 heavy (non-hydrogen) atoms. The van der Waals surface area contributed by atoms with Gasteiger partial charge >= 0.3 is 5.97 Å². The van der Waals surface area contributed by atoms with E-state index in [9.17, 15) is 14.7 Å². The van der Waals surface area contributed by atoms with Gasteiger partial charge in [0.1, 0.15) is 5.66 Å². The zero-order chi connectivity index (χ0) is 15.5. The molecule has 1 aromatic rings. The Labute approximate surface area is 129 Å². The topological polar surface area (TPSA) is 78.4 Å². The Morgan fingerprint density at radius 2 is 2.09 bits per heavy atom. The molecule has 5 rings (SSSR count). The maximum absolute atomic E-state index is 12.5. The molecule has 116 valence electrons. The number of carbonyl (C=O) groups is 2. The molecular formula is C17H20N2O3. The number of hydrogen-bond acceptors (Lipinski definition) is 3. The van der Waals surface area contributed by atoms with Crippen molar-refractivity contribution in [1.82, 2.24) is 5.32 Å². The first-order valence-electron chi connectivity index (χ1n) is 7.86. The number of rotatable bonds is 1. The second-order valence-electron chi connectivity index (χ2n) is 7.29. The standard InChI is InChI=1S/C17H20N2O3/c1-16-7-6-10(8-12(16)15(21)22)17(9-16)18-13-5-3-2-4-11(13)14(20)19-17/h2-5,10,12,18H,6-9H2,1H3,(H,19,20)(H,21,22)/t10-,12-,16-,17+/m1/s1. The van der Waals surface area contributed by atoms with E-state index in [1.54, 1.807) is 0 Å². The average Bonchev–Trinajstić information content (AvgIpc) is 2.46.